The Morgan fingerprint density at radius 3 is 2.54 bits per heavy atom. The zero-order valence-electron chi connectivity index (χ0n) is 8.47. The molecule has 0 rings (SSSR count). The van der Waals surface area contributed by atoms with Gasteiger partial charge in [-0.1, -0.05) is 0 Å². The lowest BCUT2D eigenvalue weighted by Crippen LogP contribution is -2.39. The number of amides is 2. The molecule has 0 radical (unpaired) electrons. The summed E-state index contributed by atoms with van der Waals surface area (Å²) < 4.78 is 0. The van der Waals surface area contributed by atoms with Gasteiger partial charge in [0.25, 0.3) is 0 Å². The summed E-state index contributed by atoms with van der Waals surface area (Å²) in [6, 6.07) is 0.0661. The molecule has 0 bridgehead atoms. The van der Waals surface area contributed by atoms with Gasteiger partial charge in [-0.25, -0.2) is 4.79 Å². The lowest BCUT2D eigenvalue weighted by molar-refractivity contribution is 0.238. The average Bonchev–Trinajstić information content (AvgIpc) is 2.02. The van der Waals surface area contributed by atoms with Gasteiger partial charge in [-0.05, 0) is 33.1 Å². The molecule has 0 aliphatic carbocycles. The first kappa shape index (κ1) is 12.2. The Balaban J connectivity index is 3.17. The number of nitrogens with one attached hydrogen (secondary N) is 2. The molecule has 4 nitrogen and oxygen atoms in total. The molecule has 0 heterocycles. The van der Waals surface area contributed by atoms with Crippen LogP contribution in [0.1, 0.15) is 33.1 Å². The molecule has 78 valence electrons. The molecule has 0 saturated carbocycles. The number of hydrogen-bond acceptors (Lipinski definition) is 2. The number of urea groups is 1. The first-order chi connectivity index (χ1) is 6.16. The quantitative estimate of drug-likeness (QED) is 0.541. The maximum absolute atomic E-state index is 11.0. The number of unbranched alkanes of at least 4 members (excludes halogenated alkanes) is 2. The molecule has 0 aromatic rings. The summed E-state index contributed by atoms with van der Waals surface area (Å²) in [6.45, 7) is 4.76. The van der Waals surface area contributed by atoms with Crippen molar-refractivity contribution in [3.63, 3.8) is 0 Å². The maximum Gasteiger partial charge on any atom is 0.314 e. The Morgan fingerprint density at radius 1 is 1.31 bits per heavy atom. The van der Waals surface area contributed by atoms with Crippen LogP contribution in [0.3, 0.4) is 0 Å². The van der Waals surface area contributed by atoms with Crippen LogP contribution in [-0.2, 0) is 0 Å². The van der Waals surface area contributed by atoms with Crippen molar-refractivity contribution in [1.82, 2.24) is 10.6 Å². The highest BCUT2D eigenvalue weighted by molar-refractivity contribution is 5.73. The Morgan fingerprint density at radius 2 is 2.00 bits per heavy atom. The fourth-order valence-electron chi connectivity index (χ4n) is 0.929. The van der Waals surface area contributed by atoms with Gasteiger partial charge >= 0.3 is 6.03 Å². The zero-order valence-corrected chi connectivity index (χ0v) is 8.47. The average molecular weight is 188 g/mol. The summed E-state index contributed by atoms with van der Waals surface area (Å²) >= 11 is 0. The van der Waals surface area contributed by atoms with Gasteiger partial charge in [0, 0.05) is 19.2 Å². The first-order valence-electron chi connectivity index (χ1n) is 4.82. The second-order valence-electron chi connectivity index (χ2n) is 3.34. The number of carbonyl (C=O) groups is 1. The van der Waals surface area contributed by atoms with Crippen LogP contribution in [0.2, 0.25) is 0 Å². The molecule has 2 amide bonds. The topological polar surface area (TPSA) is 61.4 Å². The Hall–Kier alpha value is -0.770. The molecule has 3 N–H and O–H groups in total. The van der Waals surface area contributed by atoms with Crippen molar-refractivity contribution in [3.05, 3.63) is 0 Å². The van der Waals surface area contributed by atoms with Crippen molar-refractivity contribution in [2.24, 2.45) is 0 Å². The highest BCUT2D eigenvalue weighted by atomic mass is 16.2. The van der Waals surface area contributed by atoms with Gasteiger partial charge in [-0.3, -0.25) is 0 Å². The van der Waals surface area contributed by atoms with E-state index in [0.717, 1.165) is 19.3 Å². The van der Waals surface area contributed by atoms with E-state index in [0.29, 0.717) is 6.54 Å². The lowest BCUT2D eigenvalue weighted by atomic mass is 10.2. The van der Waals surface area contributed by atoms with Crippen LogP contribution in [0.4, 0.5) is 4.79 Å². The zero-order chi connectivity index (χ0) is 10.1. The molecule has 0 aromatic carbocycles. The normalized spacial score (nSPS) is 10.2. The van der Waals surface area contributed by atoms with Crippen LogP contribution < -0.4 is 10.6 Å². The van der Waals surface area contributed by atoms with Gasteiger partial charge in [0.2, 0.25) is 0 Å². The number of rotatable bonds is 6. The molecule has 0 aromatic heterocycles. The lowest BCUT2D eigenvalue weighted by Gasteiger charge is -2.09. The van der Waals surface area contributed by atoms with Crippen LogP contribution in [0.25, 0.3) is 0 Å². The van der Waals surface area contributed by atoms with Crippen LogP contribution in [0, 0.1) is 0 Å². The SMILES string of the molecule is CC(C)NC(=O)NCCCCCO. The molecule has 0 aliphatic rings. The van der Waals surface area contributed by atoms with Crippen molar-refractivity contribution in [3.8, 4) is 0 Å². The summed E-state index contributed by atoms with van der Waals surface area (Å²) in [6.07, 6.45) is 2.69. The first-order valence-corrected chi connectivity index (χ1v) is 4.82. The standard InChI is InChI=1S/C9H20N2O2/c1-8(2)11-9(13)10-6-4-3-5-7-12/h8,12H,3-7H2,1-2H3,(H2,10,11,13). The Labute approximate surface area is 79.7 Å². The van der Waals surface area contributed by atoms with Gasteiger partial charge in [0.1, 0.15) is 0 Å². The van der Waals surface area contributed by atoms with E-state index in [-0.39, 0.29) is 18.7 Å². The number of carbonyl (C=O) groups excluding carboxylic acids is 1. The fourth-order valence-corrected chi connectivity index (χ4v) is 0.929. The Bertz CT molecular complexity index is 138. The molecule has 0 spiro atoms. The van der Waals surface area contributed by atoms with Gasteiger partial charge < -0.3 is 15.7 Å². The number of hydrogen-bond donors (Lipinski definition) is 3. The predicted octanol–water partition coefficient (Wildman–Crippen LogP) is 0.857. The second-order valence-corrected chi connectivity index (χ2v) is 3.34. The molecule has 0 atom stereocenters. The van der Waals surface area contributed by atoms with Crippen LogP contribution in [-0.4, -0.2) is 30.3 Å². The van der Waals surface area contributed by atoms with Crippen LogP contribution in [0.15, 0.2) is 0 Å². The van der Waals surface area contributed by atoms with E-state index >= 15 is 0 Å². The highest BCUT2D eigenvalue weighted by Crippen LogP contribution is 1.91. The predicted molar refractivity (Wildman–Crippen MR) is 52.6 cm³/mol. The minimum Gasteiger partial charge on any atom is -0.396 e. The van der Waals surface area contributed by atoms with Crippen molar-refractivity contribution in [2.45, 2.75) is 39.2 Å². The molecule has 0 aliphatic heterocycles. The summed E-state index contributed by atoms with van der Waals surface area (Å²) in [4.78, 5) is 11.0. The molecule has 13 heavy (non-hydrogen) atoms. The van der Waals surface area contributed by atoms with Crippen LogP contribution >= 0.6 is 0 Å². The number of aliphatic hydroxyl groups is 1. The van der Waals surface area contributed by atoms with E-state index < -0.39 is 0 Å². The minimum absolute atomic E-state index is 0.112. The monoisotopic (exact) mass is 188 g/mol. The van der Waals surface area contributed by atoms with Crippen molar-refractivity contribution >= 4 is 6.03 Å². The van der Waals surface area contributed by atoms with Gasteiger partial charge in [0.15, 0.2) is 0 Å². The third kappa shape index (κ3) is 9.14. The van der Waals surface area contributed by atoms with Gasteiger partial charge in [-0.15, -0.1) is 0 Å². The van der Waals surface area contributed by atoms with Crippen molar-refractivity contribution in [2.75, 3.05) is 13.2 Å². The minimum atomic E-state index is -0.112. The molecule has 0 fully saturated rings. The van der Waals surface area contributed by atoms with E-state index in [2.05, 4.69) is 10.6 Å². The molecular weight excluding hydrogens is 168 g/mol. The maximum atomic E-state index is 11.0. The molecule has 0 unspecified atom stereocenters. The summed E-state index contributed by atoms with van der Waals surface area (Å²) in [5, 5.41) is 14.0. The summed E-state index contributed by atoms with van der Waals surface area (Å²) in [5.74, 6) is 0. The highest BCUT2D eigenvalue weighted by Gasteiger charge is 1.99. The van der Waals surface area contributed by atoms with E-state index in [4.69, 9.17) is 5.11 Å². The van der Waals surface area contributed by atoms with E-state index in [1.165, 1.54) is 0 Å². The Kier molecular flexibility index (Phi) is 7.39. The summed E-state index contributed by atoms with van der Waals surface area (Å²) in [7, 11) is 0. The third-order valence-electron chi connectivity index (χ3n) is 1.54. The van der Waals surface area contributed by atoms with Gasteiger partial charge in [-0.2, -0.15) is 0 Å². The smallest absolute Gasteiger partial charge is 0.314 e. The van der Waals surface area contributed by atoms with E-state index in [9.17, 15) is 4.79 Å². The largest absolute Gasteiger partial charge is 0.396 e. The molecular formula is C9H20N2O2. The van der Waals surface area contributed by atoms with E-state index in [1.807, 2.05) is 13.8 Å². The fraction of sp³-hybridized carbons (Fsp3) is 0.889. The second kappa shape index (κ2) is 7.86. The van der Waals surface area contributed by atoms with Crippen molar-refractivity contribution in [1.29, 1.82) is 0 Å². The summed E-state index contributed by atoms with van der Waals surface area (Å²) in [5.41, 5.74) is 0. The third-order valence-corrected chi connectivity index (χ3v) is 1.54. The van der Waals surface area contributed by atoms with Crippen molar-refractivity contribution < 1.29 is 9.90 Å². The van der Waals surface area contributed by atoms with Gasteiger partial charge in [0.05, 0.1) is 0 Å². The molecule has 4 heteroatoms. The van der Waals surface area contributed by atoms with E-state index in [1.54, 1.807) is 0 Å². The van der Waals surface area contributed by atoms with Crippen LogP contribution in [0.5, 0.6) is 0 Å². The number of aliphatic hydroxyl groups excluding tert-OH is 1. The molecule has 0 saturated heterocycles.